The predicted molar refractivity (Wildman–Crippen MR) is 88.0 cm³/mol. The highest BCUT2D eigenvalue weighted by Gasteiger charge is 2.34. The Morgan fingerprint density at radius 3 is 2.40 bits per heavy atom. The Morgan fingerprint density at radius 1 is 1.35 bits per heavy atom. The summed E-state index contributed by atoms with van der Waals surface area (Å²) >= 11 is 0. The van der Waals surface area contributed by atoms with Crippen LogP contribution in [0.5, 0.6) is 0 Å². The molecular formula is C17H31NOSi. The molecule has 114 valence electrons. The molecule has 0 aromatic heterocycles. The summed E-state index contributed by atoms with van der Waals surface area (Å²) < 4.78 is 6.12. The maximum Gasteiger partial charge on any atom is 0.185 e. The first-order valence-corrected chi connectivity index (χ1v) is 11.2. The monoisotopic (exact) mass is 293 g/mol. The van der Waals surface area contributed by atoms with Gasteiger partial charge in [0.2, 0.25) is 0 Å². The number of allylic oxidation sites excluding steroid dienone is 2. The molecule has 0 saturated carbocycles. The van der Waals surface area contributed by atoms with Crippen molar-refractivity contribution in [1.29, 1.82) is 5.26 Å². The molecule has 0 amide bonds. The van der Waals surface area contributed by atoms with Gasteiger partial charge in [-0.15, -0.1) is 0 Å². The van der Waals surface area contributed by atoms with Crippen molar-refractivity contribution < 1.29 is 4.43 Å². The lowest BCUT2D eigenvalue weighted by atomic mass is 9.70. The number of hydrogen-bond acceptors (Lipinski definition) is 2. The Morgan fingerprint density at radius 2 is 1.95 bits per heavy atom. The van der Waals surface area contributed by atoms with E-state index >= 15 is 0 Å². The molecule has 2 nitrogen and oxygen atoms in total. The highest BCUT2D eigenvalue weighted by Crippen LogP contribution is 2.43. The fourth-order valence-electron chi connectivity index (χ4n) is 3.40. The number of hydrogen-bond donors (Lipinski definition) is 0. The quantitative estimate of drug-likeness (QED) is 0.500. The molecule has 0 N–H and O–H groups in total. The van der Waals surface area contributed by atoms with Crippen molar-refractivity contribution in [1.82, 2.24) is 0 Å². The largest absolute Gasteiger partial charge is 0.400 e. The van der Waals surface area contributed by atoms with E-state index in [9.17, 15) is 5.26 Å². The minimum Gasteiger partial charge on any atom is -0.400 e. The zero-order valence-corrected chi connectivity index (χ0v) is 15.4. The Kier molecular flexibility index (Phi) is 5.27. The van der Waals surface area contributed by atoms with Gasteiger partial charge in [-0.1, -0.05) is 25.0 Å². The topological polar surface area (TPSA) is 33.0 Å². The molecule has 0 spiro atoms. The third kappa shape index (κ3) is 4.75. The third-order valence-electron chi connectivity index (χ3n) is 4.31. The second-order valence-electron chi connectivity index (χ2n) is 8.05. The van der Waals surface area contributed by atoms with Crippen LogP contribution in [0.4, 0.5) is 0 Å². The number of nitrogens with zero attached hydrogens (tertiary/aromatic N) is 1. The van der Waals surface area contributed by atoms with Crippen LogP contribution in [0.1, 0.15) is 59.8 Å². The molecule has 1 aliphatic carbocycles. The first kappa shape index (κ1) is 17.5. The van der Waals surface area contributed by atoms with E-state index < -0.39 is 13.9 Å². The summed E-state index contributed by atoms with van der Waals surface area (Å²) in [5.74, 6) is 0. The second kappa shape index (κ2) is 6.03. The van der Waals surface area contributed by atoms with Crippen LogP contribution in [0.3, 0.4) is 0 Å². The zero-order chi connectivity index (χ0) is 15.6. The summed E-state index contributed by atoms with van der Waals surface area (Å²) in [6.07, 6.45) is 5.58. The normalized spacial score (nSPS) is 22.3. The van der Waals surface area contributed by atoms with Gasteiger partial charge in [0.05, 0.1) is 6.07 Å². The average Bonchev–Trinajstić information content (AvgIpc) is 2.25. The van der Waals surface area contributed by atoms with E-state index in [0.717, 1.165) is 12.8 Å². The average molecular weight is 294 g/mol. The maximum absolute atomic E-state index is 9.51. The van der Waals surface area contributed by atoms with Crippen LogP contribution in [0.2, 0.25) is 19.6 Å². The molecule has 1 aliphatic rings. The van der Waals surface area contributed by atoms with Crippen molar-refractivity contribution in [3.63, 3.8) is 0 Å². The Hall–Kier alpha value is -0.593. The summed E-state index contributed by atoms with van der Waals surface area (Å²) in [5.41, 5.74) is 2.75. The lowest BCUT2D eigenvalue weighted by Crippen LogP contribution is -2.40. The molecule has 0 radical (unpaired) electrons. The maximum atomic E-state index is 9.51. The van der Waals surface area contributed by atoms with E-state index in [4.69, 9.17) is 4.43 Å². The lowest BCUT2D eigenvalue weighted by Gasteiger charge is -2.37. The van der Waals surface area contributed by atoms with Crippen LogP contribution in [0.25, 0.3) is 0 Å². The zero-order valence-electron chi connectivity index (χ0n) is 14.4. The molecule has 1 rings (SSSR count). The van der Waals surface area contributed by atoms with E-state index in [-0.39, 0.29) is 5.41 Å². The highest BCUT2D eigenvalue weighted by atomic mass is 28.4. The van der Waals surface area contributed by atoms with Crippen LogP contribution in [0.15, 0.2) is 11.1 Å². The smallest absolute Gasteiger partial charge is 0.185 e. The van der Waals surface area contributed by atoms with Crippen LogP contribution >= 0.6 is 0 Å². The molecule has 3 heteroatoms. The van der Waals surface area contributed by atoms with Gasteiger partial charge in [0.1, 0.15) is 5.60 Å². The van der Waals surface area contributed by atoms with E-state index in [1.165, 1.54) is 24.8 Å². The van der Waals surface area contributed by atoms with Gasteiger partial charge < -0.3 is 4.43 Å². The molecule has 0 aromatic rings. The van der Waals surface area contributed by atoms with Crippen molar-refractivity contribution >= 4 is 8.32 Å². The minimum absolute atomic E-state index is 0.290. The first-order valence-electron chi connectivity index (χ1n) is 7.80. The Bertz CT molecular complexity index is 425. The van der Waals surface area contributed by atoms with Gasteiger partial charge in [-0.25, -0.2) is 0 Å². The van der Waals surface area contributed by atoms with Gasteiger partial charge in [0.25, 0.3) is 0 Å². The van der Waals surface area contributed by atoms with Crippen molar-refractivity contribution in [3.05, 3.63) is 11.1 Å². The Balaban J connectivity index is 2.81. The van der Waals surface area contributed by atoms with Gasteiger partial charge in [0, 0.05) is 0 Å². The molecule has 0 bridgehead atoms. The fourth-order valence-corrected chi connectivity index (χ4v) is 4.90. The molecule has 0 heterocycles. The molecule has 0 aliphatic heterocycles. The molecule has 0 fully saturated rings. The summed E-state index contributed by atoms with van der Waals surface area (Å²) in [4.78, 5) is 0. The van der Waals surface area contributed by atoms with Crippen molar-refractivity contribution in [2.24, 2.45) is 5.41 Å². The van der Waals surface area contributed by atoms with Gasteiger partial charge in [0.15, 0.2) is 8.32 Å². The second-order valence-corrected chi connectivity index (χ2v) is 12.5. The lowest BCUT2D eigenvalue weighted by molar-refractivity contribution is 0.127. The number of nitriles is 1. The van der Waals surface area contributed by atoms with Crippen LogP contribution in [0, 0.1) is 16.7 Å². The van der Waals surface area contributed by atoms with Crippen LogP contribution < -0.4 is 0 Å². The standard InChI is InChI=1S/C17H31NOSi/c1-14-9-8-11-16(2,3)15(14)10-12-17(4,13-18)19-20(5,6)7/h8-12H2,1-7H3. The summed E-state index contributed by atoms with van der Waals surface area (Å²) in [6.45, 7) is 15.4. The predicted octanol–water partition coefficient (Wildman–Crippen LogP) is 5.43. The molecule has 1 unspecified atom stereocenters. The molecule has 20 heavy (non-hydrogen) atoms. The van der Waals surface area contributed by atoms with E-state index in [0.29, 0.717) is 0 Å². The summed E-state index contributed by atoms with van der Waals surface area (Å²) in [6, 6.07) is 2.41. The highest BCUT2D eigenvalue weighted by molar-refractivity contribution is 6.69. The van der Waals surface area contributed by atoms with Gasteiger partial charge >= 0.3 is 0 Å². The molecule has 0 aromatic carbocycles. The van der Waals surface area contributed by atoms with Gasteiger partial charge in [-0.05, 0) is 71.0 Å². The molecule has 0 saturated heterocycles. The molecule has 1 atom stereocenters. The fraction of sp³-hybridized carbons (Fsp3) is 0.824. The van der Waals surface area contributed by atoms with E-state index in [1.54, 1.807) is 5.57 Å². The number of rotatable bonds is 5. The van der Waals surface area contributed by atoms with Crippen LogP contribution in [-0.2, 0) is 4.43 Å². The van der Waals surface area contributed by atoms with Crippen molar-refractivity contribution in [2.45, 2.75) is 85.0 Å². The first-order chi connectivity index (χ1) is 8.99. The van der Waals surface area contributed by atoms with E-state index in [1.807, 2.05) is 6.92 Å². The van der Waals surface area contributed by atoms with E-state index in [2.05, 4.69) is 46.5 Å². The third-order valence-corrected chi connectivity index (χ3v) is 5.37. The SMILES string of the molecule is CC1=C(CCC(C)(C#N)O[Si](C)(C)C)C(C)(C)CCC1. The van der Waals surface area contributed by atoms with Gasteiger partial charge in [-0.2, -0.15) is 5.26 Å². The van der Waals surface area contributed by atoms with Crippen molar-refractivity contribution in [2.75, 3.05) is 0 Å². The molecular weight excluding hydrogens is 262 g/mol. The minimum atomic E-state index is -1.69. The summed E-state index contributed by atoms with van der Waals surface area (Å²) in [7, 11) is -1.69. The van der Waals surface area contributed by atoms with Crippen molar-refractivity contribution in [3.8, 4) is 6.07 Å². The van der Waals surface area contributed by atoms with Gasteiger partial charge in [-0.3, -0.25) is 0 Å². The Labute approximate surface area is 126 Å². The summed E-state index contributed by atoms with van der Waals surface area (Å²) in [5, 5.41) is 9.51. The van der Waals surface area contributed by atoms with Crippen LogP contribution in [-0.4, -0.2) is 13.9 Å².